The van der Waals surface area contributed by atoms with Crippen molar-refractivity contribution in [2.24, 2.45) is 0 Å². The van der Waals surface area contributed by atoms with Crippen LogP contribution in [0.2, 0.25) is 0 Å². The highest BCUT2D eigenvalue weighted by atomic mass is 16.4. The van der Waals surface area contributed by atoms with E-state index in [0.29, 0.717) is 11.9 Å². The van der Waals surface area contributed by atoms with E-state index in [1.165, 1.54) is 0 Å². The van der Waals surface area contributed by atoms with Crippen molar-refractivity contribution in [3.8, 4) is 0 Å². The fraction of sp³-hybridized carbons (Fsp3) is 0.364. The maximum absolute atomic E-state index is 10.9. The molecule has 0 aliphatic heterocycles. The van der Waals surface area contributed by atoms with Crippen LogP contribution in [0.5, 0.6) is 0 Å². The van der Waals surface area contributed by atoms with Gasteiger partial charge in [-0.3, -0.25) is 4.79 Å². The van der Waals surface area contributed by atoms with Gasteiger partial charge in [-0.1, -0.05) is 0 Å². The molecular formula is C11H12N4O2. The summed E-state index contributed by atoms with van der Waals surface area (Å²) in [7, 11) is 0. The number of anilines is 1. The predicted molar refractivity (Wildman–Crippen MR) is 61.0 cm³/mol. The lowest BCUT2D eigenvalue weighted by molar-refractivity contribution is -0.135. The zero-order valence-electron chi connectivity index (χ0n) is 9.15. The van der Waals surface area contributed by atoms with Crippen LogP contribution in [-0.2, 0) is 4.79 Å². The van der Waals surface area contributed by atoms with Gasteiger partial charge in [0.25, 0.3) is 0 Å². The van der Waals surface area contributed by atoms with Crippen molar-refractivity contribution < 1.29 is 9.90 Å². The highest BCUT2D eigenvalue weighted by Crippen LogP contribution is 2.32. The fourth-order valence-corrected chi connectivity index (χ4v) is 1.97. The molecule has 6 heteroatoms. The largest absolute Gasteiger partial charge is 0.480 e. The van der Waals surface area contributed by atoms with Gasteiger partial charge in [-0.25, -0.2) is 9.50 Å². The molecule has 6 nitrogen and oxygen atoms in total. The molecule has 3 rings (SSSR count). The van der Waals surface area contributed by atoms with Gasteiger partial charge in [-0.2, -0.15) is 5.10 Å². The second kappa shape index (κ2) is 3.73. The van der Waals surface area contributed by atoms with Crippen molar-refractivity contribution in [2.75, 3.05) is 11.4 Å². The number of aliphatic carboxylic acids is 1. The van der Waals surface area contributed by atoms with Gasteiger partial charge < -0.3 is 10.0 Å². The van der Waals surface area contributed by atoms with Crippen LogP contribution in [0.1, 0.15) is 12.8 Å². The first-order chi connectivity index (χ1) is 8.25. The van der Waals surface area contributed by atoms with E-state index in [1.54, 1.807) is 23.1 Å². The second-order valence-corrected chi connectivity index (χ2v) is 4.16. The summed E-state index contributed by atoms with van der Waals surface area (Å²) < 4.78 is 1.71. The summed E-state index contributed by atoms with van der Waals surface area (Å²) in [6.07, 6.45) is 7.15. The first-order valence-corrected chi connectivity index (χ1v) is 5.52. The second-order valence-electron chi connectivity index (χ2n) is 4.16. The number of nitrogens with zero attached hydrogens (tertiary/aromatic N) is 4. The minimum atomic E-state index is -0.833. The van der Waals surface area contributed by atoms with Crippen molar-refractivity contribution >= 4 is 17.3 Å². The number of aromatic nitrogens is 3. The number of carboxylic acid groups (broad SMARTS) is 1. The molecule has 0 unspecified atom stereocenters. The number of hydrogen-bond donors (Lipinski definition) is 1. The minimum absolute atomic E-state index is 0.0114. The predicted octanol–water partition coefficient (Wildman–Crippen LogP) is 0.783. The summed E-state index contributed by atoms with van der Waals surface area (Å²) >= 11 is 0. The van der Waals surface area contributed by atoms with Crippen LogP contribution >= 0.6 is 0 Å². The summed E-state index contributed by atoms with van der Waals surface area (Å²) in [5, 5.41) is 13.1. The average molecular weight is 232 g/mol. The van der Waals surface area contributed by atoms with E-state index < -0.39 is 5.97 Å². The number of carboxylic acids is 1. The Kier molecular flexibility index (Phi) is 2.21. The molecule has 1 aliphatic carbocycles. The lowest BCUT2D eigenvalue weighted by Crippen LogP contribution is -2.32. The molecule has 0 spiro atoms. The molecule has 1 saturated carbocycles. The molecule has 2 heterocycles. The van der Waals surface area contributed by atoms with Crippen molar-refractivity contribution in [3.63, 3.8) is 0 Å². The summed E-state index contributed by atoms with van der Waals surface area (Å²) in [6.45, 7) is -0.0114. The Hall–Kier alpha value is -2.11. The standard InChI is InChI=1S/C11H12N4O2/c16-10(17)7-14(8-1-2-8)11-9-3-4-13-15(9)6-5-12-11/h3-6,8H,1-2,7H2,(H,16,17). The van der Waals surface area contributed by atoms with E-state index in [-0.39, 0.29) is 6.54 Å². The van der Waals surface area contributed by atoms with Gasteiger partial charge in [0.1, 0.15) is 12.1 Å². The monoisotopic (exact) mass is 232 g/mol. The van der Waals surface area contributed by atoms with E-state index >= 15 is 0 Å². The molecule has 0 aromatic carbocycles. The van der Waals surface area contributed by atoms with E-state index in [2.05, 4.69) is 10.1 Å². The summed E-state index contributed by atoms with van der Waals surface area (Å²) in [4.78, 5) is 17.0. The third-order valence-corrected chi connectivity index (χ3v) is 2.87. The third kappa shape index (κ3) is 1.82. The number of carbonyl (C=O) groups is 1. The third-order valence-electron chi connectivity index (χ3n) is 2.87. The van der Waals surface area contributed by atoms with Gasteiger partial charge in [-0.15, -0.1) is 0 Å². The first-order valence-electron chi connectivity index (χ1n) is 5.52. The molecule has 1 aliphatic rings. The van der Waals surface area contributed by atoms with Crippen LogP contribution in [0, 0.1) is 0 Å². The van der Waals surface area contributed by atoms with Crippen molar-refractivity contribution in [2.45, 2.75) is 18.9 Å². The Morgan fingerprint density at radius 1 is 1.53 bits per heavy atom. The molecule has 1 fully saturated rings. The maximum Gasteiger partial charge on any atom is 0.323 e. The van der Waals surface area contributed by atoms with Crippen LogP contribution in [0.3, 0.4) is 0 Å². The number of hydrogen-bond acceptors (Lipinski definition) is 4. The Morgan fingerprint density at radius 2 is 2.35 bits per heavy atom. The number of rotatable bonds is 4. The van der Waals surface area contributed by atoms with Gasteiger partial charge >= 0.3 is 5.97 Å². The molecule has 0 atom stereocenters. The van der Waals surface area contributed by atoms with Crippen LogP contribution in [-0.4, -0.2) is 38.3 Å². The molecule has 2 aromatic heterocycles. The molecule has 0 radical (unpaired) electrons. The molecule has 0 bridgehead atoms. The average Bonchev–Trinajstić information content (AvgIpc) is 3.02. The van der Waals surface area contributed by atoms with Crippen LogP contribution in [0.4, 0.5) is 5.82 Å². The first kappa shape index (κ1) is 10.1. The van der Waals surface area contributed by atoms with Crippen LogP contribution in [0.25, 0.3) is 5.52 Å². The lowest BCUT2D eigenvalue weighted by Gasteiger charge is -2.21. The van der Waals surface area contributed by atoms with Gasteiger partial charge in [0, 0.05) is 18.4 Å². The highest BCUT2D eigenvalue weighted by Gasteiger charge is 2.32. The van der Waals surface area contributed by atoms with Crippen molar-refractivity contribution in [1.82, 2.24) is 14.6 Å². The molecule has 1 N–H and O–H groups in total. The number of fused-ring (bicyclic) bond motifs is 1. The Bertz CT molecular complexity index is 561. The summed E-state index contributed by atoms with van der Waals surface area (Å²) in [5.74, 6) is -0.130. The zero-order chi connectivity index (χ0) is 11.8. The Labute approximate surface area is 97.5 Å². The molecule has 0 saturated heterocycles. The van der Waals surface area contributed by atoms with E-state index in [4.69, 9.17) is 5.11 Å². The van der Waals surface area contributed by atoms with E-state index in [0.717, 1.165) is 18.4 Å². The maximum atomic E-state index is 10.9. The summed E-state index contributed by atoms with van der Waals surface area (Å²) in [5.41, 5.74) is 0.848. The van der Waals surface area contributed by atoms with Crippen LogP contribution in [0.15, 0.2) is 24.7 Å². The molecule has 0 amide bonds. The topological polar surface area (TPSA) is 70.7 Å². The van der Waals surface area contributed by atoms with Gasteiger partial charge in [0.15, 0.2) is 5.82 Å². The van der Waals surface area contributed by atoms with Gasteiger partial charge in [0.05, 0.1) is 6.20 Å². The van der Waals surface area contributed by atoms with Crippen molar-refractivity contribution in [1.29, 1.82) is 0 Å². The van der Waals surface area contributed by atoms with Gasteiger partial charge in [-0.05, 0) is 18.9 Å². The van der Waals surface area contributed by atoms with E-state index in [1.807, 2.05) is 11.0 Å². The van der Waals surface area contributed by atoms with E-state index in [9.17, 15) is 4.79 Å². The minimum Gasteiger partial charge on any atom is -0.480 e. The highest BCUT2D eigenvalue weighted by molar-refractivity contribution is 5.78. The molecule has 2 aromatic rings. The summed E-state index contributed by atoms with van der Waals surface area (Å²) in [6, 6.07) is 2.15. The zero-order valence-corrected chi connectivity index (χ0v) is 9.15. The van der Waals surface area contributed by atoms with Gasteiger partial charge in [0.2, 0.25) is 0 Å². The van der Waals surface area contributed by atoms with Crippen molar-refractivity contribution in [3.05, 3.63) is 24.7 Å². The normalized spacial score (nSPS) is 15.1. The fourth-order valence-electron chi connectivity index (χ4n) is 1.97. The molecular weight excluding hydrogens is 220 g/mol. The molecule has 17 heavy (non-hydrogen) atoms. The molecule has 88 valence electrons. The lowest BCUT2D eigenvalue weighted by atomic mass is 10.4. The Morgan fingerprint density at radius 3 is 3.06 bits per heavy atom. The SMILES string of the molecule is O=C(O)CN(c1nccn2nccc12)C1CC1. The smallest absolute Gasteiger partial charge is 0.323 e. The van der Waals surface area contributed by atoms with Crippen LogP contribution < -0.4 is 4.90 Å². The quantitative estimate of drug-likeness (QED) is 0.843. The Balaban J connectivity index is 2.04.